The number of alkyl halides is 3. The summed E-state index contributed by atoms with van der Waals surface area (Å²) in [5.74, 6) is -1.03. The van der Waals surface area contributed by atoms with Crippen molar-refractivity contribution >= 4 is 11.8 Å². The van der Waals surface area contributed by atoms with Gasteiger partial charge in [-0.3, -0.25) is 0 Å². The van der Waals surface area contributed by atoms with E-state index in [4.69, 9.17) is 5.26 Å². The Morgan fingerprint density at radius 2 is 2.06 bits per heavy atom. The minimum atomic E-state index is -4.25. The summed E-state index contributed by atoms with van der Waals surface area (Å²) in [4.78, 5) is 3.95. The number of halogens is 3. The summed E-state index contributed by atoms with van der Waals surface area (Å²) in [6.45, 7) is 3.37. The van der Waals surface area contributed by atoms with Crippen LogP contribution in [0.5, 0.6) is 0 Å². The van der Waals surface area contributed by atoms with Crippen LogP contribution in [-0.4, -0.2) is 16.9 Å². The number of thioether (sulfide) groups is 1. The first-order valence-corrected chi connectivity index (χ1v) is 5.40. The molecular weight excluding hydrogens is 237 g/mol. The Labute approximate surface area is 95.5 Å². The molecule has 0 atom stereocenters. The number of pyridine rings is 1. The van der Waals surface area contributed by atoms with Gasteiger partial charge in [0.1, 0.15) is 11.1 Å². The van der Waals surface area contributed by atoms with Gasteiger partial charge in [-0.05, 0) is 25.5 Å². The number of aryl methyl sites for hydroxylation is 2. The number of aromatic nitrogens is 1. The molecule has 1 heterocycles. The Hall–Kier alpha value is -1.22. The van der Waals surface area contributed by atoms with Crippen LogP contribution in [0.15, 0.2) is 11.1 Å². The molecule has 0 bridgehead atoms. The van der Waals surface area contributed by atoms with Gasteiger partial charge in [-0.25, -0.2) is 4.98 Å². The molecule has 0 amide bonds. The predicted octanol–water partition coefficient (Wildman–Crippen LogP) is 3.22. The van der Waals surface area contributed by atoms with E-state index in [1.165, 1.54) is 0 Å². The Bertz CT molecular complexity index is 435. The van der Waals surface area contributed by atoms with Crippen LogP contribution in [0, 0.1) is 25.2 Å². The summed E-state index contributed by atoms with van der Waals surface area (Å²) < 4.78 is 36.1. The van der Waals surface area contributed by atoms with Crippen molar-refractivity contribution in [1.29, 1.82) is 5.26 Å². The van der Waals surface area contributed by atoms with Crippen molar-refractivity contribution in [2.24, 2.45) is 0 Å². The van der Waals surface area contributed by atoms with Gasteiger partial charge in [0.15, 0.2) is 0 Å². The van der Waals surface area contributed by atoms with Crippen LogP contribution >= 0.6 is 11.8 Å². The number of nitrogens with zero attached hydrogens (tertiary/aromatic N) is 2. The largest absolute Gasteiger partial charge is 0.398 e. The third kappa shape index (κ3) is 3.42. The molecule has 1 rings (SSSR count). The molecule has 16 heavy (non-hydrogen) atoms. The summed E-state index contributed by atoms with van der Waals surface area (Å²) in [7, 11) is 0. The molecule has 0 saturated carbocycles. The summed E-state index contributed by atoms with van der Waals surface area (Å²) in [5, 5.41) is 8.99. The van der Waals surface area contributed by atoms with Gasteiger partial charge >= 0.3 is 6.18 Å². The third-order valence-corrected chi connectivity index (χ3v) is 2.84. The van der Waals surface area contributed by atoms with Gasteiger partial charge in [-0.1, -0.05) is 11.8 Å². The Kier molecular flexibility index (Phi) is 3.81. The lowest BCUT2D eigenvalue weighted by molar-refractivity contribution is -0.105. The van der Waals surface area contributed by atoms with Gasteiger partial charge in [0, 0.05) is 5.69 Å². The van der Waals surface area contributed by atoms with E-state index in [1.807, 2.05) is 6.07 Å². The molecule has 2 nitrogen and oxygen atoms in total. The monoisotopic (exact) mass is 246 g/mol. The zero-order chi connectivity index (χ0) is 12.3. The van der Waals surface area contributed by atoms with Gasteiger partial charge in [-0.2, -0.15) is 18.4 Å². The van der Waals surface area contributed by atoms with Crippen molar-refractivity contribution in [2.75, 3.05) is 5.75 Å². The molecule has 0 unspecified atom stereocenters. The van der Waals surface area contributed by atoms with Crippen molar-refractivity contribution in [2.45, 2.75) is 25.0 Å². The Morgan fingerprint density at radius 3 is 2.56 bits per heavy atom. The first kappa shape index (κ1) is 12.8. The van der Waals surface area contributed by atoms with Crippen molar-refractivity contribution in [3.8, 4) is 6.07 Å². The zero-order valence-electron chi connectivity index (χ0n) is 8.72. The molecule has 0 aliphatic rings. The van der Waals surface area contributed by atoms with Crippen LogP contribution in [0.4, 0.5) is 13.2 Å². The summed E-state index contributed by atoms with van der Waals surface area (Å²) in [6.07, 6.45) is -4.25. The first-order chi connectivity index (χ1) is 7.33. The van der Waals surface area contributed by atoms with Crippen LogP contribution < -0.4 is 0 Å². The molecular formula is C10H9F3N2S. The molecule has 6 heteroatoms. The van der Waals surface area contributed by atoms with Crippen LogP contribution in [0.25, 0.3) is 0 Å². The van der Waals surface area contributed by atoms with Gasteiger partial charge in [0.25, 0.3) is 0 Å². The summed E-state index contributed by atoms with van der Waals surface area (Å²) in [6, 6.07) is 3.55. The average molecular weight is 246 g/mol. The maximum Gasteiger partial charge on any atom is 0.398 e. The minimum Gasteiger partial charge on any atom is -0.245 e. The smallest absolute Gasteiger partial charge is 0.245 e. The SMILES string of the molecule is Cc1cc(C)c(C#N)c(SCC(F)(F)F)n1. The maximum atomic E-state index is 12.0. The highest BCUT2D eigenvalue weighted by molar-refractivity contribution is 7.99. The van der Waals surface area contributed by atoms with Crippen molar-refractivity contribution in [3.05, 3.63) is 22.9 Å². The summed E-state index contributed by atoms with van der Waals surface area (Å²) >= 11 is 0.548. The standard InChI is InChI=1S/C10H9F3N2S/c1-6-3-7(2)15-9(8(6)4-14)16-5-10(11,12)13/h3H,5H2,1-2H3. The molecule has 0 radical (unpaired) electrons. The molecule has 1 aromatic heterocycles. The molecule has 0 fully saturated rings. The van der Waals surface area contributed by atoms with Crippen molar-refractivity contribution in [3.63, 3.8) is 0 Å². The second-order valence-corrected chi connectivity index (χ2v) is 4.24. The van der Waals surface area contributed by atoms with Crippen LogP contribution in [0.3, 0.4) is 0 Å². The lowest BCUT2D eigenvalue weighted by Crippen LogP contribution is -2.11. The highest BCUT2D eigenvalue weighted by Gasteiger charge is 2.28. The fraction of sp³-hybridized carbons (Fsp3) is 0.400. The highest BCUT2D eigenvalue weighted by Crippen LogP contribution is 2.29. The van der Waals surface area contributed by atoms with Crippen LogP contribution in [0.1, 0.15) is 16.8 Å². The van der Waals surface area contributed by atoms with Gasteiger partial charge in [0.05, 0.1) is 11.3 Å². The van der Waals surface area contributed by atoms with Crippen molar-refractivity contribution < 1.29 is 13.2 Å². The van der Waals surface area contributed by atoms with E-state index in [2.05, 4.69) is 4.98 Å². The van der Waals surface area contributed by atoms with Crippen LogP contribution in [-0.2, 0) is 0 Å². The molecule has 0 saturated heterocycles. The number of nitriles is 1. The summed E-state index contributed by atoms with van der Waals surface area (Å²) in [5.41, 5.74) is 1.49. The van der Waals surface area contributed by atoms with Gasteiger partial charge in [-0.15, -0.1) is 0 Å². The lowest BCUT2D eigenvalue weighted by Gasteiger charge is -2.08. The topological polar surface area (TPSA) is 36.7 Å². The molecule has 86 valence electrons. The maximum absolute atomic E-state index is 12.0. The molecule has 1 aromatic rings. The average Bonchev–Trinajstić information content (AvgIpc) is 2.12. The first-order valence-electron chi connectivity index (χ1n) is 4.41. The number of rotatable bonds is 2. The molecule has 0 N–H and O–H groups in total. The molecule has 0 aliphatic carbocycles. The van der Waals surface area contributed by atoms with Crippen LogP contribution in [0.2, 0.25) is 0 Å². The van der Waals surface area contributed by atoms with Gasteiger partial charge < -0.3 is 0 Å². The lowest BCUT2D eigenvalue weighted by atomic mass is 10.1. The second-order valence-electron chi connectivity index (χ2n) is 3.28. The third-order valence-electron chi connectivity index (χ3n) is 1.80. The fourth-order valence-electron chi connectivity index (χ4n) is 1.19. The Morgan fingerprint density at radius 1 is 1.44 bits per heavy atom. The van der Waals surface area contributed by atoms with E-state index >= 15 is 0 Å². The van der Waals surface area contributed by atoms with E-state index < -0.39 is 11.9 Å². The van der Waals surface area contributed by atoms with E-state index in [0.29, 0.717) is 23.0 Å². The number of hydrogen-bond donors (Lipinski definition) is 0. The quantitative estimate of drug-likeness (QED) is 0.752. The van der Waals surface area contributed by atoms with Gasteiger partial charge in [0.2, 0.25) is 0 Å². The van der Waals surface area contributed by atoms with E-state index in [-0.39, 0.29) is 10.6 Å². The fourth-order valence-corrected chi connectivity index (χ4v) is 2.05. The number of hydrogen-bond acceptors (Lipinski definition) is 3. The normalized spacial score (nSPS) is 11.2. The minimum absolute atomic E-state index is 0.150. The Balaban J connectivity index is 3.00. The molecule has 0 spiro atoms. The predicted molar refractivity (Wildman–Crippen MR) is 55.2 cm³/mol. The van der Waals surface area contributed by atoms with Crippen molar-refractivity contribution in [1.82, 2.24) is 4.98 Å². The second kappa shape index (κ2) is 4.74. The highest BCUT2D eigenvalue weighted by atomic mass is 32.2. The van der Waals surface area contributed by atoms with E-state index in [0.717, 1.165) is 0 Å². The van der Waals surface area contributed by atoms with E-state index in [9.17, 15) is 13.2 Å². The molecule has 0 aromatic carbocycles. The molecule has 0 aliphatic heterocycles. The zero-order valence-corrected chi connectivity index (χ0v) is 9.54. The van der Waals surface area contributed by atoms with E-state index in [1.54, 1.807) is 19.9 Å².